The molecule has 1 aromatic heterocycles. The predicted molar refractivity (Wildman–Crippen MR) is 88.2 cm³/mol. The topological polar surface area (TPSA) is 50.1 Å². The molecule has 2 N–H and O–H groups in total. The van der Waals surface area contributed by atoms with Crippen molar-refractivity contribution in [1.29, 1.82) is 0 Å². The van der Waals surface area contributed by atoms with Gasteiger partial charge in [0.2, 0.25) is 0 Å². The number of nitrogens with zero attached hydrogens (tertiary/aromatic N) is 1. The summed E-state index contributed by atoms with van der Waals surface area (Å²) in [7, 11) is 0. The zero-order chi connectivity index (χ0) is 14.7. The molecule has 0 aliphatic rings. The molecule has 0 amide bonds. The van der Waals surface area contributed by atoms with E-state index < -0.39 is 0 Å². The summed E-state index contributed by atoms with van der Waals surface area (Å²) >= 11 is 5.30. The van der Waals surface area contributed by atoms with E-state index in [9.17, 15) is 0 Å². The first-order valence-corrected chi connectivity index (χ1v) is 7.07. The Morgan fingerprint density at radius 3 is 2.81 bits per heavy atom. The number of benzene rings is 2. The lowest BCUT2D eigenvalue weighted by Crippen LogP contribution is -2.27. The van der Waals surface area contributed by atoms with Crippen molar-refractivity contribution < 1.29 is 4.42 Å². The lowest BCUT2D eigenvalue weighted by atomic mass is 10.2. The standard InChI is InChI=1S/C16H15N3OS/c1-11-18-14-9-13(7-8-15(14)20-11)19-16(21)17-10-12-5-3-2-4-6-12/h2-9H,10H2,1H3,(H2,17,19,21). The molecule has 3 aromatic rings. The summed E-state index contributed by atoms with van der Waals surface area (Å²) in [4.78, 5) is 4.30. The second-order valence-corrected chi connectivity index (χ2v) is 5.12. The monoisotopic (exact) mass is 297 g/mol. The van der Waals surface area contributed by atoms with E-state index in [-0.39, 0.29) is 0 Å². The van der Waals surface area contributed by atoms with Crippen molar-refractivity contribution in [1.82, 2.24) is 10.3 Å². The average molecular weight is 297 g/mol. The van der Waals surface area contributed by atoms with Crippen LogP contribution >= 0.6 is 12.2 Å². The highest BCUT2D eigenvalue weighted by molar-refractivity contribution is 7.80. The molecule has 0 saturated heterocycles. The van der Waals surface area contributed by atoms with E-state index in [1.807, 2.05) is 43.3 Å². The normalized spacial score (nSPS) is 10.5. The Balaban J connectivity index is 1.63. The summed E-state index contributed by atoms with van der Waals surface area (Å²) in [6.45, 7) is 2.52. The van der Waals surface area contributed by atoms with E-state index in [2.05, 4.69) is 27.8 Å². The van der Waals surface area contributed by atoms with Crippen LogP contribution in [0.25, 0.3) is 11.1 Å². The van der Waals surface area contributed by atoms with Crippen LogP contribution in [0.4, 0.5) is 5.69 Å². The van der Waals surface area contributed by atoms with Crippen molar-refractivity contribution in [3.8, 4) is 0 Å². The molecule has 2 aromatic carbocycles. The largest absolute Gasteiger partial charge is 0.441 e. The summed E-state index contributed by atoms with van der Waals surface area (Å²) in [5, 5.41) is 6.91. The van der Waals surface area contributed by atoms with Crippen LogP contribution in [0.1, 0.15) is 11.5 Å². The molecular weight excluding hydrogens is 282 g/mol. The lowest BCUT2D eigenvalue weighted by molar-refractivity contribution is 0.561. The van der Waals surface area contributed by atoms with Crippen LogP contribution in [-0.4, -0.2) is 10.1 Å². The molecule has 0 saturated carbocycles. The van der Waals surface area contributed by atoms with Gasteiger partial charge in [0.1, 0.15) is 5.52 Å². The van der Waals surface area contributed by atoms with Gasteiger partial charge in [-0.2, -0.15) is 0 Å². The number of oxazole rings is 1. The van der Waals surface area contributed by atoms with E-state index in [4.69, 9.17) is 16.6 Å². The number of thiocarbonyl (C=S) groups is 1. The van der Waals surface area contributed by atoms with Crippen LogP contribution in [0, 0.1) is 6.92 Å². The first-order valence-electron chi connectivity index (χ1n) is 6.67. The van der Waals surface area contributed by atoms with Crippen molar-refractivity contribution >= 4 is 34.1 Å². The lowest BCUT2D eigenvalue weighted by Gasteiger charge is -2.10. The molecule has 0 fully saturated rings. The Hall–Kier alpha value is -2.40. The van der Waals surface area contributed by atoms with Gasteiger partial charge >= 0.3 is 0 Å². The van der Waals surface area contributed by atoms with E-state index in [1.54, 1.807) is 0 Å². The average Bonchev–Trinajstić information content (AvgIpc) is 2.85. The maximum absolute atomic E-state index is 5.45. The first kappa shape index (κ1) is 13.6. The maximum Gasteiger partial charge on any atom is 0.192 e. The zero-order valence-electron chi connectivity index (χ0n) is 11.6. The van der Waals surface area contributed by atoms with E-state index >= 15 is 0 Å². The molecule has 106 valence electrons. The maximum atomic E-state index is 5.45. The Morgan fingerprint density at radius 2 is 2.00 bits per heavy atom. The Morgan fingerprint density at radius 1 is 1.19 bits per heavy atom. The molecule has 5 heteroatoms. The quantitative estimate of drug-likeness (QED) is 0.723. The first-order chi connectivity index (χ1) is 10.2. The Kier molecular flexibility index (Phi) is 3.83. The van der Waals surface area contributed by atoms with Gasteiger partial charge in [-0.15, -0.1) is 0 Å². The molecular formula is C16H15N3OS. The minimum atomic E-state index is 0.582. The third kappa shape index (κ3) is 3.38. The molecule has 1 heterocycles. The summed E-state index contributed by atoms with van der Waals surface area (Å²) in [5.74, 6) is 0.659. The van der Waals surface area contributed by atoms with Crippen LogP contribution < -0.4 is 10.6 Å². The number of nitrogens with one attached hydrogen (secondary N) is 2. The smallest absolute Gasteiger partial charge is 0.192 e. The number of fused-ring (bicyclic) bond motifs is 1. The molecule has 4 nitrogen and oxygen atoms in total. The van der Waals surface area contributed by atoms with Crippen LogP contribution in [0.5, 0.6) is 0 Å². The SMILES string of the molecule is Cc1nc2cc(NC(=S)NCc3ccccc3)ccc2o1. The van der Waals surface area contributed by atoms with E-state index in [0.717, 1.165) is 16.8 Å². The van der Waals surface area contributed by atoms with E-state index in [0.29, 0.717) is 17.5 Å². The minimum absolute atomic E-state index is 0.582. The fourth-order valence-electron chi connectivity index (χ4n) is 2.07. The molecule has 0 aliphatic heterocycles. The van der Waals surface area contributed by atoms with Crippen LogP contribution in [-0.2, 0) is 6.54 Å². The summed E-state index contributed by atoms with van der Waals surface area (Å²) in [5.41, 5.74) is 3.68. The van der Waals surface area contributed by atoms with Gasteiger partial charge in [0.05, 0.1) is 0 Å². The fourth-order valence-corrected chi connectivity index (χ4v) is 2.26. The van der Waals surface area contributed by atoms with Crippen molar-refractivity contribution in [3.63, 3.8) is 0 Å². The molecule has 0 atom stereocenters. The number of hydrogen-bond donors (Lipinski definition) is 2. The Labute approximate surface area is 128 Å². The molecule has 0 radical (unpaired) electrons. The van der Waals surface area contributed by atoms with Crippen molar-refractivity contribution in [2.24, 2.45) is 0 Å². The highest BCUT2D eigenvalue weighted by Gasteiger charge is 2.04. The second-order valence-electron chi connectivity index (χ2n) is 4.71. The third-order valence-electron chi connectivity index (χ3n) is 3.05. The Bertz CT molecular complexity index is 768. The van der Waals surface area contributed by atoms with Gasteiger partial charge < -0.3 is 15.1 Å². The third-order valence-corrected chi connectivity index (χ3v) is 3.29. The van der Waals surface area contributed by atoms with Gasteiger partial charge in [0.15, 0.2) is 16.6 Å². The molecule has 0 bridgehead atoms. The summed E-state index contributed by atoms with van der Waals surface area (Å²) in [6.07, 6.45) is 0. The minimum Gasteiger partial charge on any atom is -0.441 e. The van der Waals surface area contributed by atoms with Crippen molar-refractivity contribution in [2.45, 2.75) is 13.5 Å². The number of rotatable bonds is 3. The molecule has 0 unspecified atom stereocenters. The van der Waals surface area contributed by atoms with Crippen LogP contribution in [0.2, 0.25) is 0 Å². The van der Waals surface area contributed by atoms with Gasteiger partial charge in [0, 0.05) is 19.2 Å². The number of anilines is 1. The highest BCUT2D eigenvalue weighted by atomic mass is 32.1. The number of aromatic nitrogens is 1. The van der Waals surface area contributed by atoms with Gasteiger partial charge in [-0.3, -0.25) is 0 Å². The number of aryl methyl sites for hydroxylation is 1. The van der Waals surface area contributed by atoms with Gasteiger partial charge in [0.25, 0.3) is 0 Å². The summed E-state index contributed by atoms with van der Waals surface area (Å²) in [6, 6.07) is 15.8. The molecule has 0 spiro atoms. The second kappa shape index (κ2) is 5.93. The number of hydrogen-bond acceptors (Lipinski definition) is 3. The fraction of sp³-hybridized carbons (Fsp3) is 0.125. The van der Waals surface area contributed by atoms with Crippen molar-refractivity contribution in [3.05, 3.63) is 60.0 Å². The molecule has 0 aliphatic carbocycles. The summed E-state index contributed by atoms with van der Waals surface area (Å²) < 4.78 is 5.45. The van der Waals surface area contributed by atoms with E-state index in [1.165, 1.54) is 5.56 Å². The van der Waals surface area contributed by atoms with Gasteiger partial charge in [-0.25, -0.2) is 4.98 Å². The molecule has 21 heavy (non-hydrogen) atoms. The molecule has 3 rings (SSSR count). The van der Waals surface area contributed by atoms with Crippen LogP contribution in [0.3, 0.4) is 0 Å². The van der Waals surface area contributed by atoms with Crippen LogP contribution in [0.15, 0.2) is 52.9 Å². The zero-order valence-corrected chi connectivity index (χ0v) is 12.4. The predicted octanol–water partition coefficient (Wildman–Crippen LogP) is 3.62. The van der Waals surface area contributed by atoms with Gasteiger partial charge in [-0.1, -0.05) is 30.3 Å². The van der Waals surface area contributed by atoms with Crippen molar-refractivity contribution in [2.75, 3.05) is 5.32 Å². The highest BCUT2D eigenvalue weighted by Crippen LogP contribution is 2.19. The van der Waals surface area contributed by atoms with Gasteiger partial charge in [-0.05, 0) is 36.0 Å².